The molecule has 2 rings (SSSR count). The van der Waals surface area contributed by atoms with Gasteiger partial charge in [0.15, 0.2) is 0 Å². The Hall–Kier alpha value is -1.51. The average Bonchev–Trinajstić information content (AvgIpc) is 2.17. The van der Waals surface area contributed by atoms with Crippen molar-refractivity contribution in [2.24, 2.45) is 0 Å². The molecule has 0 spiro atoms. The molecule has 3 nitrogen and oxygen atoms in total. The van der Waals surface area contributed by atoms with Gasteiger partial charge < -0.3 is 10.2 Å². The van der Waals surface area contributed by atoms with E-state index in [1.165, 1.54) is 0 Å². The standard InChI is InChI=1S/C12H16N2O/c1-8-6-5-7-9-10(8)13-12(2,3)14(4)11(9)15/h5-7,13H,1-4H3. The van der Waals surface area contributed by atoms with Gasteiger partial charge in [-0.1, -0.05) is 12.1 Å². The van der Waals surface area contributed by atoms with Crippen LogP contribution in [0.3, 0.4) is 0 Å². The molecule has 15 heavy (non-hydrogen) atoms. The number of carbonyl (C=O) groups is 1. The Labute approximate surface area is 90.1 Å². The zero-order valence-corrected chi connectivity index (χ0v) is 9.59. The van der Waals surface area contributed by atoms with E-state index in [0.29, 0.717) is 0 Å². The third-order valence-electron chi connectivity index (χ3n) is 3.08. The number of nitrogens with one attached hydrogen (secondary N) is 1. The van der Waals surface area contributed by atoms with Gasteiger partial charge in [0, 0.05) is 7.05 Å². The maximum absolute atomic E-state index is 12.1. The van der Waals surface area contributed by atoms with Crippen LogP contribution in [0.15, 0.2) is 18.2 Å². The molecule has 1 aliphatic heterocycles. The van der Waals surface area contributed by atoms with E-state index in [2.05, 4.69) is 5.32 Å². The van der Waals surface area contributed by atoms with Crippen LogP contribution in [0.2, 0.25) is 0 Å². The number of carbonyl (C=O) groups excluding carboxylic acids is 1. The summed E-state index contributed by atoms with van der Waals surface area (Å²) in [6.45, 7) is 6.01. The van der Waals surface area contributed by atoms with Gasteiger partial charge in [-0.3, -0.25) is 4.79 Å². The molecule has 0 saturated heterocycles. The van der Waals surface area contributed by atoms with E-state index in [9.17, 15) is 4.79 Å². The van der Waals surface area contributed by atoms with Crippen LogP contribution >= 0.6 is 0 Å². The second kappa shape index (κ2) is 2.99. The second-order valence-corrected chi connectivity index (χ2v) is 4.55. The van der Waals surface area contributed by atoms with Gasteiger partial charge in [0.05, 0.1) is 11.3 Å². The molecule has 1 aliphatic rings. The molecule has 3 heteroatoms. The first-order chi connectivity index (χ1) is 6.93. The number of para-hydroxylation sites is 1. The summed E-state index contributed by atoms with van der Waals surface area (Å²) in [6.07, 6.45) is 0. The van der Waals surface area contributed by atoms with Crippen molar-refractivity contribution in [3.8, 4) is 0 Å². The summed E-state index contributed by atoms with van der Waals surface area (Å²) in [7, 11) is 1.82. The summed E-state index contributed by atoms with van der Waals surface area (Å²) in [4.78, 5) is 13.8. The summed E-state index contributed by atoms with van der Waals surface area (Å²) in [5.41, 5.74) is 2.51. The lowest BCUT2D eigenvalue weighted by Crippen LogP contribution is -2.54. The van der Waals surface area contributed by atoms with Crippen LogP contribution in [-0.2, 0) is 0 Å². The van der Waals surface area contributed by atoms with Crippen LogP contribution in [0.4, 0.5) is 5.69 Å². The number of hydrogen-bond donors (Lipinski definition) is 1. The van der Waals surface area contributed by atoms with Crippen LogP contribution in [0.1, 0.15) is 29.8 Å². The minimum absolute atomic E-state index is 0.0810. The molecule has 0 radical (unpaired) electrons. The summed E-state index contributed by atoms with van der Waals surface area (Å²) < 4.78 is 0. The molecular formula is C12H16N2O. The zero-order chi connectivity index (χ0) is 11.2. The first-order valence-electron chi connectivity index (χ1n) is 5.09. The Morgan fingerprint density at radius 2 is 2.00 bits per heavy atom. The molecule has 1 heterocycles. The lowest BCUT2D eigenvalue weighted by Gasteiger charge is -2.42. The van der Waals surface area contributed by atoms with Crippen LogP contribution in [-0.4, -0.2) is 23.5 Å². The smallest absolute Gasteiger partial charge is 0.257 e. The Morgan fingerprint density at radius 3 is 2.67 bits per heavy atom. The highest BCUT2D eigenvalue weighted by atomic mass is 16.2. The SMILES string of the molecule is Cc1cccc2c1NC(C)(C)N(C)C2=O. The Morgan fingerprint density at radius 1 is 1.33 bits per heavy atom. The van der Waals surface area contributed by atoms with Gasteiger partial charge in [-0.25, -0.2) is 0 Å². The third-order valence-corrected chi connectivity index (χ3v) is 3.08. The van der Waals surface area contributed by atoms with E-state index in [1.807, 2.05) is 46.0 Å². The molecule has 0 aromatic heterocycles. The van der Waals surface area contributed by atoms with E-state index in [1.54, 1.807) is 4.90 Å². The predicted octanol–water partition coefficient (Wildman–Crippen LogP) is 2.23. The van der Waals surface area contributed by atoms with Crippen LogP contribution < -0.4 is 5.32 Å². The number of aryl methyl sites for hydroxylation is 1. The highest BCUT2D eigenvalue weighted by molar-refractivity contribution is 6.02. The summed E-state index contributed by atoms with van der Waals surface area (Å²) in [5, 5.41) is 3.39. The van der Waals surface area contributed by atoms with Gasteiger partial charge in [0.1, 0.15) is 5.66 Å². The number of rotatable bonds is 0. The second-order valence-electron chi connectivity index (χ2n) is 4.55. The maximum atomic E-state index is 12.1. The fraction of sp³-hybridized carbons (Fsp3) is 0.417. The molecule has 0 fully saturated rings. The highest BCUT2D eigenvalue weighted by Crippen LogP contribution is 2.31. The van der Waals surface area contributed by atoms with E-state index in [4.69, 9.17) is 0 Å². The quantitative estimate of drug-likeness (QED) is 0.702. The van der Waals surface area contributed by atoms with Crippen molar-refractivity contribution in [2.45, 2.75) is 26.4 Å². The minimum atomic E-state index is -0.323. The monoisotopic (exact) mass is 204 g/mol. The topological polar surface area (TPSA) is 32.3 Å². The number of nitrogens with zero attached hydrogens (tertiary/aromatic N) is 1. The van der Waals surface area contributed by atoms with Crippen molar-refractivity contribution in [3.63, 3.8) is 0 Å². The van der Waals surface area contributed by atoms with Crippen molar-refractivity contribution < 1.29 is 4.79 Å². The van der Waals surface area contributed by atoms with Crippen molar-refractivity contribution in [2.75, 3.05) is 12.4 Å². The van der Waals surface area contributed by atoms with E-state index >= 15 is 0 Å². The fourth-order valence-electron chi connectivity index (χ4n) is 1.84. The Kier molecular flexibility index (Phi) is 2.00. The first kappa shape index (κ1) is 10.0. The molecule has 1 amide bonds. The molecule has 80 valence electrons. The van der Waals surface area contributed by atoms with Gasteiger partial charge in [0.25, 0.3) is 5.91 Å². The molecule has 1 aromatic rings. The molecule has 0 saturated carbocycles. The maximum Gasteiger partial charge on any atom is 0.257 e. The summed E-state index contributed by atoms with van der Waals surface area (Å²) >= 11 is 0. The van der Waals surface area contributed by atoms with Gasteiger partial charge >= 0.3 is 0 Å². The van der Waals surface area contributed by atoms with Gasteiger partial charge in [-0.05, 0) is 32.4 Å². The Balaban J connectivity index is 2.60. The molecule has 0 unspecified atom stereocenters. The Bertz CT molecular complexity index is 424. The van der Waals surface area contributed by atoms with Crippen LogP contribution in [0.25, 0.3) is 0 Å². The number of hydrogen-bond acceptors (Lipinski definition) is 2. The lowest BCUT2D eigenvalue weighted by molar-refractivity contribution is 0.0648. The van der Waals surface area contributed by atoms with Gasteiger partial charge in [-0.2, -0.15) is 0 Å². The van der Waals surface area contributed by atoms with Gasteiger partial charge in [-0.15, -0.1) is 0 Å². The fourth-order valence-corrected chi connectivity index (χ4v) is 1.84. The van der Waals surface area contributed by atoms with E-state index < -0.39 is 0 Å². The van der Waals surface area contributed by atoms with Crippen LogP contribution in [0, 0.1) is 6.92 Å². The zero-order valence-electron chi connectivity index (χ0n) is 9.59. The van der Waals surface area contributed by atoms with Crippen molar-refractivity contribution in [1.29, 1.82) is 0 Å². The first-order valence-corrected chi connectivity index (χ1v) is 5.09. The number of benzene rings is 1. The van der Waals surface area contributed by atoms with Crippen LogP contribution in [0.5, 0.6) is 0 Å². The largest absolute Gasteiger partial charge is 0.362 e. The van der Waals surface area contributed by atoms with E-state index in [-0.39, 0.29) is 11.6 Å². The van der Waals surface area contributed by atoms with Crippen molar-refractivity contribution in [1.82, 2.24) is 4.90 Å². The molecule has 1 aromatic carbocycles. The summed E-state index contributed by atoms with van der Waals surface area (Å²) in [6, 6.07) is 5.80. The normalized spacial score (nSPS) is 18.4. The van der Waals surface area contributed by atoms with Crippen molar-refractivity contribution in [3.05, 3.63) is 29.3 Å². The van der Waals surface area contributed by atoms with Crippen molar-refractivity contribution >= 4 is 11.6 Å². The third kappa shape index (κ3) is 1.39. The molecule has 0 bridgehead atoms. The number of amides is 1. The number of fused-ring (bicyclic) bond motifs is 1. The predicted molar refractivity (Wildman–Crippen MR) is 61.0 cm³/mol. The van der Waals surface area contributed by atoms with Gasteiger partial charge in [0.2, 0.25) is 0 Å². The lowest BCUT2D eigenvalue weighted by atomic mass is 10.00. The number of anilines is 1. The molecule has 1 N–H and O–H groups in total. The molecule has 0 aliphatic carbocycles. The minimum Gasteiger partial charge on any atom is -0.362 e. The van der Waals surface area contributed by atoms with E-state index in [0.717, 1.165) is 16.8 Å². The highest BCUT2D eigenvalue weighted by Gasteiger charge is 2.35. The summed E-state index contributed by atoms with van der Waals surface area (Å²) in [5.74, 6) is 0.0810. The molecule has 0 atom stereocenters. The average molecular weight is 204 g/mol. The molecular weight excluding hydrogens is 188 g/mol.